The number of para-hydroxylation sites is 1. The van der Waals surface area contributed by atoms with Crippen molar-refractivity contribution in [1.82, 2.24) is 4.90 Å². The predicted molar refractivity (Wildman–Crippen MR) is 119 cm³/mol. The second-order valence-electron chi connectivity index (χ2n) is 6.29. The Balaban J connectivity index is 1.72. The van der Waals surface area contributed by atoms with E-state index in [1.807, 2.05) is 42.5 Å². The molecule has 1 aliphatic rings. The Bertz CT molecular complexity index is 977. The molecule has 0 saturated carbocycles. The molecule has 0 radical (unpaired) electrons. The van der Waals surface area contributed by atoms with Crippen LogP contribution < -0.4 is 4.74 Å². The Kier molecular flexibility index (Phi) is 7.30. The number of carbonyl (C=O) groups is 2. The lowest BCUT2D eigenvalue weighted by atomic mass is 10.1. The number of amides is 1. The van der Waals surface area contributed by atoms with Crippen LogP contribution in [-0.4, -0.2) is 32.7 Å². The molecular weight excluding hydrogens is 430 g/mol. The molecule has 0 atom stereocenters. The third-order valence-electron chi connectivity index (χ3n) is 4.13. The number of benzene rings is 2. The van der Waals surface area contributed by atoms with Crippen LogP contribution in [0, 0.1) is 0 Å². The molecule has 3 rings (SSSR count). The lowest BCUT2D eigenvalue weighted by molar-refractivity contribution is -0.137. The number of thiocarbonyl (C=S) groups is 1. The maximum atomic E-state index is 12.7. The summed E-state index contributed by atoms with van der Waals surface area (Å²) in [4.78, 5) is 25.3. The summed E-state index contributed by atoms with van der Waals surface area (Å²) in [5.74, 6) is -0.463. The van der Waals surface area contributed by atoms with Crippen LogP contribution in [-0.2, 0) is 16.2 Å². The van der Waals surface area contributed by atoms with Gasteiger partial charge in [0.05, 0.1) is 4.91 Å². The SMILES string of the molecule is O=C(O)CCCN1C(=O)C(=Cc2ccccc2OCc2cccc(Cl)c2)SC1=S. The van der Waals surface area contributed by atoms with Gasteiger partial charge >= 0.3 is 5.97 Å². The van der Waals surface area contributed by atoms with Crippen LogP contribution >= 0.6 is 35.6 Å². The average molecular weight is 448 g/mol. The molecule has 29 heavy (non-hydrogen) atoms. The lowest BCUT2D eigenvalue weighted by Gasteiger charge is -2.13. The fourth-order valence-electron chi connectivity index (χ4n) is 2.74. The highest BCUT2D eigenvalue weighted by molar-refractivity contribution is 8.26. The quantitative estimate of drug-likeness (QED) is 0.454. The minimum atomic E-state index is -0.892. The van der Waals surface area contributed by atoms with Gasteiger partial charge in [-0.1, -0.05) is 65.9 Å². The molecule has 0 aliphatic carbocycles. The number of ether oxygens (including phenoxy) is 1. The summed E-state index contributed by atoms with van der Waals surface area (Å²) in [6.07, 6.45) is 2.11. The maximum Gasteiger partial charge on any atom is 0.303 e. The smallest absolute Gasteiger partial charge is 0.303 e. The molecule has 1 N–H and O–H groups in total. The normalized spacial score (nSPS) is 15.2. The van der Waals surface area contributed by atoms with Crippen molar-refractivity contribution in [2.24, 2.45) is 0 Å². The fraction of sp³-hybridized carbons (Fsp3) is 0.190. The molecule has 2 aromatic rings. The second-order valence-corrected chi connectivity index (χ2v) is 8.40. The van der Waals surface area contributed by atoms with E-state index in [0.29, 0.717) is 39.6 Å². The number of nitrogens with zero attached hydrogens (tertiary/aromatic N) is 1. The molecule has 1 saturated heterocycles. The summed E-state index contributed by atoms with van der Waals surface area (Å²) < 4.78 is 6.37. The summed E-state index contributed by atoms with van der Waals surface area (Å²) >= 11 is 12.5. The summed E-state index contributed by atoms with van der Waals surface area (Å²) in [6.45, 7) is 0.642. The van der Waals surface area contributed by atoms with E-state index >= 15 is 0 Å². The van der Waals surface area contributed by atoms with Gasteiger partial charge in [-0.2, -0.15) is 0 Å². The molecule has 8 heteroatoms. The van der Waals surface area contributed by atoms with Gasteiger partial charge in [0, 0.05) is 23.6 Å². The number of rotatable bonds is 8. The zero-order valence-corrected chi connectivity index (χ0v) is 17.7. The Morgan fingerprint density at radius 1 is 1.24 bits per heavy atom. The topological polar surface area (TPSA) is 66.8 Å². The second kappa shape index (κ2) is 9.91. The van der Waals surface area contributed by atoms with Gasteiger partial charge in [0.15, 0.2) is 0 Å². The number of carbonyl (C=O) groups excluding carboxylic acids is 1. The Labute approximate surface area is 183 Å². The van der Waals surface area contributed by atoms with Crippen molar-refractivity contribution in [1.29, 1.82) is 0 Å². The molecule has 1 amide bonds. The van der Waals surface area contributed by atoms with E-state index in [2.05, 4.69) is 0 Å². The fourth-order valence-corrected chi connectivity index (χ4v) is 4.25. The first kappa shape index (κ1) is 21.4. The third kappa shape index (κ3) is 5.82. The molecular formula is C21H18ClNO4S2. The number of thioether (sulfide) groups is 1. The van der Waals surface area contributed by atoms with Crippen LogP contribution in [0.5, 0.6) is 5.75 Å². The van der Waals surface area contributed by atoms with Gasteiger partial charge in [-0.3, -0.25) is 14.5 Å². The monoisotopic (exact) mass is 447 g/mol. The van der Waals surface area contributed by atoms with Crippen molar-refractivity contribution in [3.8, 4) is 5.75 Å². The predicted octanol–water partition coefficient (Wildman–Crippen LogP) is 4.99. The highest BCUT2D eigenvalue weighted by Gasteiger charge is 2.31. The van der Waals surface area contributed by atoms with Crippen molar-refractivity contribution in [2.75, 3.05) is 6.54 Å². The van der Waals surface area contributed by atoms with E-state index in [9.17, 15) is 9.59 Å². The Morgan fingerprint density at radius 3 is 2.79 bits per heavy atom. The van der Waals surface area contributed by atoms with Crippen molar-refractivity contribution in [2.45, 2.75) is 19.4 Å². The highest BCUT2D eigenvalue weighted by atomic mass is 35.5. The van der Waals surface area contributed by atoms with Crippen molar-refractivity contribution < 1.29 is 19.4 Å². The zero-order valence-electron chi connectivity index (χ0n) is 15.3. The Hall–Kier alpha value is -2.35. The molecule has 5 nitrogen and oxygen atoms in total. The van der Waals surface area contributed by atoms with Gasteiger partial charge < -0.3 is 9.84 Å². The summed E-state index contributed by atoms with van der Waals surface area (Å²) in [7, 11) is 0. The number of hydrogen-bond acceptors (Lipinski definition) is 5. The van der Waals surface area contributed by atoms with Gasteiger partial charge in [-0.05, 0) is 36.3 Å². The number of hydrogen-bond donors (Lipinski definition) is 1. The third-order valence-corrected chi connectivity index (χ3v) is 5.75. The van der Waals surface area contributed by atoms with Gasteiger partial charge in [-0.15, -0.1) is 0 Å². The van der Waals surface area contributed by atoms with Crippen LogP contribution in [0.2, 0.25) is 5.02 Å². The summed E-state index contributed by atoms with van der Waals surface area (Å²) in [5, 5.41) is 9.41. The maximum absolute atomic E-state index is 12.7. The lowest BCUT2D eigenvalue weighted by Crippen LogP contribution is -2.29. The molecule has 0 aromatic heterocycles. The zero-order chi connectivity index (χ0) is 20.8. The average Bonchev–Trinajstić information content (AvgIpc) is 2.94. The minimum absolute atomic E-state index is 0.00369. The molecule has 150 valence electrons. The van der Waals surface area contributed by atoms with Crippen LogP contribution in [0.1, 0.15) is 24.0 Å². The highest BCUT2D eigenvalue weighted by Crippen LogP contribution is 2.34. The number of aliphatic carboxylic acids is 1. The number of carboxylic acids is 1. The van der Waals surface area contributed by atoms with Crippen LogP contribution in [0.15, 0.2) is 53.4 Å². The molecule has 1 heterocycles. The Morgan fingerprint density at radius 2 is 2.03 bits per heavy atom. The molecule has 1 fully saturated rings. The van der Waals surface area contributed by atoms with Gasteiger partial charge in [0.2, 0.25) is 0 Å². The van der Waals surface area contributed by atoms with E-state index in [1.165, 1.54) is 16.7 Å². The number of halogens is 1. The van der Waals surface area contributed by atoms with E-state index in [4.69, 9.17) is 33.7 Å². The summed E-state index contributed by atoms with van der Waals surface area (Å²) in [5.41, 5.74) is 1.71. The minimum Gasteiger partial charge on any atom is -0.488 e. The first-order chi connectivity index (χ1) is 13.9. The van der Waals surface area contributed by atoms with Crippen molar-refractivity contribution in [3.05, 3.63) is 69.6 Å². The van der Waals surface area contributed by atoms with Crippen LogP contribution in [0.4, 0.5) is 0 Å². The van der Waals surface area contributed by atoms with Crippen molar-refractivity contribution >= 4 is 57.9 Å². The van der Waals surface area contributed by atoms with Crippen LogP contribution in [0.3, 0.4) is 0 Å². The van der Waals surface area contributed by atoms with Gasteiger partial charge in [0.1, 0.15) is 16.7 Å². The molecule has 0 spiro atoms. The van der Waals surface area contributed by atoms with E-state index in [0.717, 1.165) is 11.1 Å². The molecule has 0 unspecified atom stereocenters. The van der Waals surface area contributed by atoms with E-state index < -0.39 is 5.97 Å². The largest absolute Gasteiger partial charge is 0.488 e. The molecule has 0 bridgehead atoms. The molecule has 2 aromatic carbocycles. The van der Waals surface area contributed by atoms with E-state index in [1.54, 1.807) is 12.1 Å². The van der Waals surface area contributed by atoms with Gasteiger partial charge in [0.25, 0.3) is 5.91 Å². The van der Waals surface area contributed by atoms with Crippen LogP contribution in [0.25, 0.3) is 6.08 Å². The first-order valence-corrected chi connectivity index (χ1v) is 10.5. The van der Waals surface area contributed by atoms with Crippen molar-refractivity contribution in [3.63, 3.8) is 0 Å². The first-order valence-electron chi connectivity index (χ1n) is 8.87. The standard InChI is InChI=1S/C21H18ClNO4S2/c22-16-7-3-5-14(11-16)13-27-17-8-2-1-6-15(17)12-18-20(26)23(21(28)29-18)10-4-9-19(24)25/h1-3,5-8,11-12H,4,9-10,13H2,(H,24,25). The van der Waals surface area contributed by atoms with E-state index in [-0.39, 0.29) is 12.3 Å². The molecule has 1 aliphatic heterocycles. The van der Waals surface area contributed by atoms with Gasteiger partial charge in [-0.25, -0.2) is 0 Å². The summed E-state index contributed by atoms with van der Waals surface area (Å²) in [6, 6.07) is 14.9. The number of carboxylic acid groups (broad SMARTS) is 1.